The van der Waals surface area contributed by atoms with Crippen molar-refractivity contribution in [3.8, 4) is 0 Å². The molecule has 0 fully saturated rings. The normalized spacial score (nSPS) is 14.4. The van der Waals surface area contributed by atoms with E-state index in [1.165, 1.54) is 6.92 Å². The van der Waals surface area contributed by atoms with Gasteiger partial charge in [-0.05, 0) is 18.4 Å². The first-order chi connectivity index (χ1) is 3.42. The molecule has 0 aromatic heterocycles. The minimum atomic E-state index is -0.0995. The number of hydrogen-bond acceptors (Lipinski definition) is 0. The average Bonchev–Trinajstić information content (AvgIpc) is 1.21. The van der Waals surface area contributed by atoms with Crippen molar-refractivity contribution in [1.29, 1.82) is 0 Å². The number of halogens is 1. The fourth-order valence-corrected chi connectivity index (χ4v) is 0.597. The van der Waals surface area contributed by atoms with Gasteiger partial charge in [-0.3, -0.25) is 0 Å². The van der Waals surface area contributed by atoms with E-state index in [1.54, 1.807) is 6.08 Å². The van der Waals surface area contributed by atoms with Gasteiger partial charge in [-0.1, -0.05) is 20.8 Å². The summed E-state index contributed by atoms with van der Waals surface area (Å²) in [5, 5.41) is 0. The number of allylic oxidation sites excluding steroid dienone is 2. The molecule has 0 amide bonds. The Labute approximate surface area is 50.4 Å². The maximum absolute atomic E-state index is 12.1. The Morgan fingerprint density at radius 2 is 1.75 bits per heavy atom. The molecule has 8 heavy (non-hydrogen) atoms. The summed E-state index contributed by atoms with van der Waals surface area (Å²) in [5.41, 5.74) is -0.0150. The van der Waals surface area contributed by atoms with E-state index in [2.05, 4.69) is 0 Å². The maximum Gasteiger partial charge on any atom is 0.0934 e. The largest absolute Gasteiger partial charge is 0.212 e. The van der Waals surface area contributed by atoms with Crippen LogP contribution in [-0.4, -0.2) is 0 Å². The SMILES string of the molecule is CC(F)=CC(C)(C)C. The van der Waals surface area contributed by atoms with Crippen LogP contribution in [0.15, 0.2) is 11.9 Å². The molecule has 48 valence electrons. The van der Waals surface area contributed by atoms with Crippen LogP contribution in [0.1, 0.15) is 27.7 Å². The van der Waals surface area contributed by atoms with Crippen LogP contribution in [0.2, 0.25) is 0 Å². The van der Waals surface area contributed by atoms with E-state index in [0.717, 1.165) is 0 Å². The summed E-state index contributed by atoms with van der Waals surface area (Å²) in [6, 6.07) is 0. The highest BCUT2D eigenvalue weighted by molar-refractivity contribution is 4.95. The molecule has 0 aliphatic carbocycles. The van der Waals surface area contributed by atoms with Gasteiger partial charge in [-0.2, -0.15) is 0 Å². The van der Waals surface area contributed by atoms with Crippen LogP contribution in [0.5, 0.6) is 0 Å². The lowest BCUT2D eigenvalue weighted by Gasteiger charge is -2.10. The lowest BCUT2D eigenvalue weighted by Crippen LogP contribution is -1.98. The summed E-state index contributed by atoms with van der Waals surface area (Å²) in [4.78, 5) is 0. The fourth-order valence-electron chi connectivity index (χ4n) is 0.597. The zero-order valence-corrected chi connectivity index (χ0v) is 5.96. The second-order valence-corrected chi connectivity index (χ2v) is 3.10. The standard InChI is InChI=1S/C7H13F/c1-6(8)5-7(2,3)4/h5H,1-4H3. The first-order valence-electron chi connectivity index (χ1n) is 2.77. The predicted octanol–water partition coefficient (Wildman–Crippen LogP) is 2.91. The molecule has 0 aromatic rings. The fraction of sp³-hybridized carbons (Fsp3) is 0.714. The summed E-state index contributed by atoms with van der Waals surface area (Å²) in [6.07, 6.45) is 1.60. The Morgan fingerprint density at radius 1 is 1.38 bits per heavy atom. The molecular formula is C7H13F. The van der Waals surface area contributed by atoms with Crippen molar-refractivity contribution in [2.24, 2.45) is 5.41 Å². The van der Waals surface area contributed by atoms with E-state index < -0.39 is 0 Å². The molecule has 0 spiro atoms. The summed E-state index contributed by atoms with van der Waals surface area (Å²) < 4.78 is 12.1. The predicted molar refractivity (Wildman–Crippen MR) is 34.3 cm³/mol. The molecule has 0 aliphatic heterocycles. The first kappa shape index (κ1) is 7.67. The van der Waals surface area contributed by atoms with Gasteiger partial charge in [0.1, 0.15) is 0 Å². The highest BCUT2D eigenvalue weighted by atomic mass is 19.1. The van der Waals surface area contributed by atoms with Crippen LogP contribution in [0, 0.1) is 5.41 Å². The van der Waals surface area contributed by atoms with Crippen LogP contribution < -0.4 is 0 Å². The van der Waals surface area contributed by atoms with Crippen LogP contribution in [-0.2, 0) is 0 Å². The molecule has 0 saturated heterocycles. The highest BCUT2D eigenvalue weighted by Gasteiger charge is 2.04. The topological polar surface area (TPSA) is 0 Å². The summed E-state index contributed by atoms with van der Waals surface area (Å²) in [6.45, 7) is 7.37. The molecule has 0 nitrogen and oxygen atoms in total. The van der Waals surface area contributed by atoms with Gasteiger partial charge in [0.05, 0.1) is 5.83 Å². The van der Waals surface area contributed by atoms with Gasteiger partial charge in [-0.15, -0.1) is 0 Å². The summed E-state index contributed by atoms with van der Waals surface area (Å²) in [7, 11) is 0. The van der Waals surface area contributed by atoms with Crippen LogP contribution in [0.4, 0.5) is 4.39 Å². The van der Waals surface area contributed by atoms with E-state index in [0.29, 0.717) is 0 Å². The Morgan fingerprint density at radius 3 is 1.75 bits per heavy atom. The Bertz CT molecular complexity index is 91.4. The third-order valence-electron chi connectivity index (χ3n) is 0.632. The number of hydrogen-bond donors (Lipinski definition) is 0. The minimum absolute atomic E-state index is 0.0150. The van der Waals surface area contributed by atoms with Crippen molar-refractivity contribution >= 4 is 0 Å². The third-order valence-corrected chi connectivity index (χ3v) is 0.632. The number of rotatable bonds is 0. The van der Waals surface area contributed by atoms with E-state index in [4.69, 9.17) is 0 Å². The van der Waals surface area contributed by atoms with Crippen molar-refractivity contribution in [3.63, 3.8) is 0 Å². The summed E-state index contributed by atoms with van der Waals surface area (Å²) in [5.74, 6) is -0.0995. The second-order valence-electron chi connectivity index (χ2n) is 3.10. The van der Waals surface area contributed by atoms with Gasteiger partial charge in [0.15, 0.2) is 0 Å². The van der Waals surface area contributed by atoms with Crippen LogP contribution in [0.3, 0.4) is 0 Å². The average molecular weight is 116 g/mol. The molecule has 0 bridgehead atoms. The van der Waals surface area contributed by atoms with Gasteiger partial charge >= 0.3 is 0 Å². The van der Waals surface area contributed by atoms with E-state index in [9.17, 15) is 4.39 Å². The highest BCUT2D eigenvalue weighted by Crippen LogP contribution is 2.17. The zero-order chi connectivity index (χ0) is 6.78. The second kappa shape index (κ2) is 2.29. The first-order valence-corrected chi connectivity index (χ1v) is 2.77. The van der Waals surface area contributed by atoms with E-state index in [1.807, 2.05) is 20.8 Å². The molecule has 0 radical (unpaired) electrons. The molecule has 0 atom stereocenters. The van der Waals surface area contributed by atoms with Gasteiger partial charge in [0, 0.05) is 0 Å². The summed E-state index contributed by atoms with van der Waals surface area (Å²) >= 11 is 0. The zero-order valence-electron chi connectivity index (χ0n) is 5.96. The molecule has 0 aromatic carbocycles. The lowest BCUT2D eigenvalue weighted by atomic mass is 9.96. The van der Waals surface area contributed by atoms with Crippen molar-refractivity contribution in [1.82, 2.24) is 0 Å². The molecule has 0 saturated carbocycles. The molecule has 0 aliphatic rings. The van der Waals surface area contributed by atoms with Crippen molar-refractivity contribution < 1.29 is 4.39 Å². The molecular weight excluding hydrogens is 103 g/mol. The minimum Gasteiger partial charge on any atom is -0.212 e. The lowest BCUT2D eigenvalue weighted by molar-refractivity contribution is 0.512. The monoisotopic (exact) mass is 116 g/mol. The van der Waals surface area contributed by atoms with Gasteiger partial charge in [0.25, 0.3) is 0 Å². The van der Waals surface area contributed by atoms with E-state index in [-0.39, 0.29) is 11.2 Å². The van der Waals surface area contributed by atoms with Crippen molar-refractivity contribution in [2.75, 3.05) is 0 Å². The van der Waals surface area contributed by atoms with Crippen LogP contribution >= 0.6 is 0 Å². The van der Waals surface area contributed by atoms with Gasteiger partial charge in [0.2, 0.25) is 0 Å². The van der Waals surface area contributed by atoms with Crippen molar-refractivity contribution in [2.45, 2.75) is 27.7 Å². The molecule has 0 unspecified atom stereocenters. The molecule has 1 heteroatoms. The van der Waals surface area contributed by atoms with Gasteiger partial charge < -0.3 is 0 Å². The smallest absolute Gasteiger partial charge is 0.0934 e. The van der Waals surface area contributed by atoms with Crippen molar-refractivity contribution in [3.05, 3.63) is 11.9 Å². The van der Waals surface area contributed by atoms with Gasteiger partial charge in [-0.25, -0.2) is 4.39 Å². The molecule has 0 rings (SSSR count). The van der Waals surface area contributed by atoms with E-state index >= 15 is 0 Å². The third kappa shape index (κ3) is 5.67. The maximum atomic E-state index is 12.1. The molecule has 0 N–H and O–H groups in total. The quantitative estimate of drug-likeness (QED) is 0.456. The van der Waals surface area contributed by atoms with Crippen LogP contribution in [0.25, 0.3) is 0 Å². The molecule has 0 heterocycles. The Hall–Kier alpha value is -0.330. The Balaban J connectivity index is 3.89. The Kier molecular flexibility index (Phi) is 2.20.